The molecule has 0 saturated heterocycles. The van der Waals surface area contributed by atoms with Gasteiger partial charge in [0, 0.05) is 63.8 Å². The molecule has 22 nitrogen and oxygen atoms in total. The van der Waals surface area contributed by atoms with Gasteiger partial charge in [0.2, 0.25) is 43.6 Å². The van der Waals surface area contributed by atoms with Crippen molar-refractivity contribution in [3.63, 3.8) is 0 Å². The third kappa shape index (κ3) is 18.9. The standard InChI is InChI=1S/C34H33FN4O6S.C33H29FN4O6S.C8H7BrO2/c1-23-17-29(27-19-36-34(40)39(21-27)20-24-13-14-31(43-2)32(18-24)44-3)38-33(37-23)46(41,42)16-15-30(25-9-5-4-6-10-25)45-22-26-11-7-8-12-28(26)35;1-22-15-28(26-17-35-33(39)38(19-26)18-23-11-12-30-31(16-23)44-21-43-30)37-32(36-22)45(40,41)14-13-29(24-7-3-2-4-8-24)42-20-25-9-5-6-10-27(25)34;9-4-6-1-2-7-8(3-6)11-5-10-7/h4-14,17-19,21,30H,15-16,20,22H2,1-3H3;2-12,15-17,19,29H,13-14,18,20-21H2,1H3;1-3H,4-5H2. The van der Waals surface area contributed by atoms with Gasteiger partial charge in [-0.15, -0.1) is 0 Å². The van der Waals surface area contributed by atoms with Crippen LogP contribution in [0.4, 0.5) is 8.78 Å². The lowest BCUT2D eigenvalue weighted by Crippen LogP contribution is -2.23. The molecule has 0 saturated carbocycles. The number of rotatable bonds is 25. The van der Waals surface area contributed by atoms with Crippen molar-refractivity contribution < 1.29 is 63.5 Å². The van der Waals surface area contributed by atoms with Crippen molar-refractivity contribution in [2.24, 2.45) is 0 Å². The van der Waals surface area contributed by atoms with E-state index in [4.69, 9.17) is 37.9 Å². The van der Waals surface area contributed by atoms with Crippen LogP contribution >= 0.6 is 15.9 Å². The number of nitrogens with zero attached hydrogens (tertiary/aromatic N) is 8. The zero-order valence-corrected chi connectivity index (χ0v) is 58.9. The van der Waals surface area contributed by atoms with E-state index >= 15 is 0 Å². The Hall–Kier alpha value is -10.6. The number of halogens is 3. The molecule has 2 aliphatic heterocycles. The lowest BCUT2D eigenvalue weighted by molar-refractivity contribution is 0.0360. The van der Waals surface area contributed by atoms with E-state index in [0.29, 0.717) is 74.8 Å². The van der Waals surface area contributed by atoms with Crippen LogP contribution in [0.3, 0.4) is 0 Å². The highest BCUT2D eigenvalue weighted by molar-refractivity contribution is 9.08. The van der Waals surface area contributed by atoms with Gasteiger partial charge in [-0.05, 0) is 115 Å². The zero-order chi connectivity index (χ0) is 71.8. The van der Waals surface area contributed by atoms with Crippen molar-refractivity contribution in [2.45, 2.75) is 80.8 Å². The Balaban J connectivity index is 0.000000178. The molecule has 0 fully saturated rings. The van der Waals surface area contributed by atoms with E-state index in [9.17, 15) is 35.2 Å². The first kappa shape index (κ1) is 72.7. The molecule has 0 aliphatic carbocycles. The minimum absolute atomic E-state index is 0.0215. The molecule has 27 heteroatoms. The van der Waals surface area contributed by atoms with Gasteiger partial charge >= 0.3 is 11.4 Å². The van der Waals surface area contributed by atoms with Crippen LogP contribution in [0.15, 0.2) is 221 Å². The monoisotopic (exact) mass is 1490 g/mol. The number of aromatic nitrogens is 8. The lowest BCUT2D eigenvalue weighted by atomic mass is 10.1. The molecule has 526 valence electrons. The number of ether oxygens (including phenoxy) is 8. The molecule has 0 spiro atoms. The number of fused-ring (bicyclic) bond motifs is 2. The summed E-state index contributed by atoms with van der Waals surface area (Å²) >= 11 is 3.37. The number of methoxy groups -OCH3 is 2. The molecular weight excluding hydrogens is 1420 g/mol. The largest absolute Gasteiger partial charge is 0.493 e. The summed E-state index contributed by atoms with van der Waals surface area (Å²) in [6.07, 6.45) is 4.82. The molecule has 11 aromatic rings. The fourth-order valence-corrected chi connectivity index (χ4v) is 13.6. The summed E-state index contributed by atoms with van der Waals surface area (Å²) in [5.41, 5.74) is 6.46. The normalized spacial score (nSPS) is 12.7. The highest BCUT2D eigenvalue weighted by atomic mass is 79.9. The third-order valence-corrected chi connectivity index (χ3v) is 19.8. The molecule has 2 unspecified atom stereocenters. The maximum atomic E-state index is 14.2. The van der Waals surface area contributed by atoms with E-state index in [1.165, 1.54) is 53.4 Å². The van der Waals surface area contributed by atoms with Gasteiger partial charge in [0.25, 0.3) is 0 Å². The Morgan fingerprint density at radius 2 is 0.902 bits per heavy atom. The number of hydrogen-bond donors (Lipinski definition) is 0. The van der Waals surface area contributed by atoms with Gasteiger partial charge in [-0.2, -0.15) is 0 Å². The minimum atomic E-state index is -3.98. The summed E-state index contributed by atoms with van der Waals surface area (Å²) in [6.45, 7) is 4.17. The van der Waals surface area contributed by atoms with Crippen LogP contribution in [0.1, 0.15) is 75.4 Å². The van der Waals surface area contributed by atoms with Crippen LogP contribution in [-0.2, 0) is 60.8 Å². The fraction of sp³-hybridized carbons (Fsp3) is 0.227. The summed E-state index contributed by atoms with van der Waals surface area (Å²) in [5.74, 6) is 2.58. The van der Waals surface area contributed by atoms with Gasteiger partial charge in [-0.1, -0.05) is 131 Å². The van der Waals surface area contributed by atoms with E-state index in [1.54, 1.807) is 99.0 Å². The van der Waals surface area contributed by atoms with E-state index < -0.39 is 54.9 Å². The van der Waals surface area contributed by atoms with Gasteiger partial charge in [0.05, 0.1) is 75.6 Å². The number of hydrogen-bond acceptors (Lipinski definition) is 20. The van der Waals surface area contributed by atoms with Crippen molar-refractivity contribution in [3.8, 4) is 57.0 Å². The number of sulfone groups is 2. The van der Waals surface area contributed by atoms with E-state index in [2.05, 4.69) is 45.8 Å². The predicted molar refractivity (Wildman–Crippen MR) is 378 cm³/mol. The molecule has 13 rings (SSSR count). The molecule has 0 amide bonds. The second-order valence-electron chi connectivity index (χ2n) is 23.4. The highest BCUT2D eigenvalue weighted by Crippen LogP contribution is 2.35. The quantitative estimate of drug-likeness (QED) is 0.0380. The molecule has 0 N–H and O–H groups in total. The second kappa shape index (κ2) is 33.7. The van der Waals surface area contributed by atoms with Crippen molar-refractivity contribution in [1.82, 2.24) is 39.0 Å². The summed E-state index contributed by atoms with van der Waals surface area (Å²) in [7, 11) is -4.88. The number of benzene rings is 7. The molecule has 7 aromatic carbocycles. The molecule has 102 heavy (non-hydrogen) atoms. The maximum Gasteiger partial charge on any atom is 0.347 e. The number of alkyl halides is 1. The molecule has 2 atom stereocenters. The van der Waals surface area contributed by atoms with Crippen LogP contribution in [0.2, 0.25) is 0 Å². The first-order valence-corrected chi connectivity index (χ1v) is 36.4. The van der Waals surface area contributed by atoms with Gasteiger partial charge < -0.3 is 37.9 Å². The average Bonchev–Trinajstić information content (AvgIpc) is 1.22. The second-order valence-corrected chi connectivity index (χ2v) is 27.9. The Morgan fingerprint density at radius 1 is 0.490 bits per heavy atom. The Morgan fingerprint density at radius 3 is 1.35 bits per heavy atom. The van der Waals surface area contributed by atoms with Crippen LogP contribution in [0.25, 0.3) is 22.5 Å². The summed E-state index contributed by atoms with van der Waals surface area (Å²) in [6, 6.07) is 50.9. The zero-order valence-electron chi connectivity index (χ0n) is 55.7. The topological polar surface area (TPSA) is 263 Å². The summed E-state index contributed by atoms with van der Waals surface area (Å²) in [5, 5.41) is 0.164. The maximum absolute atomic E-state index is 14.2. The summed E-state index contributed by atoms with van der Waals surface area (Å²) < 4.78 is 129. The smallest absolute Gasteiger partial charge is 0.347 e. The van der Waals surface area contributed by atoms with E-state index in [-0.39, 0.29) is 67.8 Å². The van der Waals surface area contributed by atoms with Gasteiger partial charge in [0.15, 0.2) is 34.5 Å². The van der Waals surface area contributed by atoms with E-state index in [1.807, 2.05) is 91.0 Å². The Bertz CT molecular complexity index is 5120. The highest BCUT2D eigenvalue weighted by Gasteiger charge is 2.27. The molecular formula is C75H69BrF2N8O14S2. The summed E-state index contributed by atoms with van der Waals surface area (Å²) in [4.78, 5) is 50.4. The first-order valence-electron chi connectivity index (χ1n) is 32.0. The molecule has 0 radical (unpaired) electrons. The predicted octanol–water partition coefficient (Wildman–Crippen LogP) is 12.7. The van der Waals surface area contributed by atoms with Crippen molar-refractivity contribution in [3.05, 3.63) is 284 Å². The van der Waals surface area contributed by atoms with Crippen LogP contribution < -0.4 is 39.8 Å². The van der Waals surface area contributed by atoms with Crippen LogP contribution in [0.5, 0.6) is 34.5 Å². The Labute approximate surface area is 595 Å². The molecule has 4 aromatic heterocycles. The Kier molecular flexibility index (Phi) is 24.0. The molecule has 6 heterocycles. The molecule has 2 aliphatic rings. The lowest BCUT2D eigenvalue weighted by Gasteiger charge is -2.19. The van der Waals surface area contributed by atoms with Gasteiger partial charge in [-0.25, -0.2) is 65.1 Å². The van der Waals surface area contributed by atoms with Gasteiger partial charge in [-0.3, -0.25) is 9.13 Å². The fourth-order valence-electron chi connectivity index (χ4n) is 10.8. The molecule has 0 bridgehead atoms. The van der Waals surface area contributed by atoms with Crippen LogP contribution in [-0.4, -0.2) is 95.2 Å². The third-order valence-electron chi connectivity index (χ3n) is 16.1. The van der Waals surface area contributed by atoms with Gasteiger partial charge in [0.1, 0.15) is 11.6 Å². The van der Waals surface area contributed by atoms with Crippen molar-refractivity contribution in [2.75, 3.05) is 39.3 Å². The minimum Gasteiger partial charge on any atom is -0.493 e. The average molecular weight is 1490 g/mol. The SMILES string of the molecule is BrCc1ccc2c(c1)OCO2.COc1ccc(Cn2cc(-c3cc(C)nc(S(=O)(=O)CCC(OCc4ccccc4F)c4ccccc4)n3)cnc2=O)cc1OC.Cc1cc(-c2cnc(=O)n(Cc3ccc4c(c3)OCO4)c2)nc(S(=O)(=O)CCC(OCc2ccccc2F)c2ccccc2)n1. The van der Waals surface area contributed by atoms with Crippen molar-refractivity contribution in [1.29, 1.82) is 0 Å². The van der Waals surface area contributed by atoms with E-state index in [0.717, 1.165) is 39.1 Å². The number of aryl methyl sites for hydroxylation is 2. The van der Waals surface area contributed by atoms with Crippen LogP contribution in [0, 0.1) is 25.5 Å². The first-order chi connectivity index (χ1) is 49.3. The van der Waals surface area contributed by atoms with Crippen molar-refractivity contribution >= 4 is 35.6 Å².